The number of hydrogen-bond acceptors (Lipinski definition) is 6. The number of amides is 1. The average Bonchev–Trinajstić information content (AvgIpc) is 2.92. The van der Waals surface area contributed by atoms with Gasteiger partial charge in [0.25, 0.3) is 5.91 Å². The summed E-state index contributed by atoms with van der Waals surface area (Å²) in [7, 11) is 3.83. The molecule has 0 aliphatic rings. The van der Waals surface area contributed by atoms with E-state index in [2.05, 4.69) is 21.7 Å². The van der Waals surface area contributed by atoms with Gasteiger partial charge in [0.2, 0.25) is 0 Å². The maximum Gasteiger partial charge on any atom is 0.255 e. The first-order valence-corrected chi connectivity index (χ1v) is 11.8. The smallest absolute Gasteiger partial charge is 0.255 e. The van der Waals surface area contributed by atoms with Gasteiger partial charge in [0.05, 0.1) is 22.9 Å². The number of pyridine rings is 2. The van der Waals surface area contributed by atoms with Gasteiger partial charge >= 0.3 is 0 Å². The quantitative estimate of drug-likeness (QED) is 0.347. The summed E-state index contributed by atoms with van der Waals surface area (Å²) in [5.74, 6) is 0.633. The first kappa shape index (κ1) is 25.3. The SMILES string of the molecule is CN(C)c1ccc(CNC(=O)c2ccc(-c3ccccc3C#N)nc2NCCc2cccc(F)c2)cn1. The van der Waals surface area contributed by atoms with Gasteiger partial charge in [-0.25, -0.2) is 14.4 Å². The monoisotopic (exact) mass is 494 g/mol. The molecular formula is C29H27FN6O. The Labute approximate surface area is 215 Å². The summed E-state index contributed by atoms with van der Waals surface area (Å²) in [6.45, 7) is 0.747. The zero-order valence-corrected chi connectivity index (χ0v) is 20.7. The van der Waals surface area contributed by atoms with Crippen LogP contribution in [0.1, 0.15) is 27.0 Å². The van der Waals surface area contributed by atoms with Crippen LogP contribution < -0.4 is 15.5 Å². The van der Waals surface area contributed by atoms with Crippen LogP contribution in [-0.4, -0.2) is 36.5 Å². The molecule has 0 saturated carbocycles. The lowest BCUT2D eigenvalue weighted by atomic mass is 10.0. The van der Waals surface area contributed by atoms with Crippen LogP contribution in [-0.2, 0) is 13.0 Å². The second-order valence-electron chi connectivity index (χ2n) is 8.66. The molecule has 0 aliphatic heterocycles. The van der Waals surface area contributed by atoms with E-state index in [4.69, 9.17) is 4.98 Å². The molecule has 1 amide bonds. The molecule has 0 saturated heterocycles. The van der Waals surface area contributed by atoms with Crippen LogP contribution in [0.4, 0.5) is 16.0 Å². The Bertz CT molecular complexity index is 1430. The standard InChI is InChI=1S/C29H27FN6O/c1-36(2)27-13-10-21(18-33-27)19-34-29(37)25-11-12-26(24-9-4-3-7-22(24)17-31)35-28(25)32-15-14-20-6-5-8-23(30)16-20/h3-13,16,18H,14-15,19H2,1-2H3,(H,32,35)(H,34,37). The lowest BCUT2D eigenvalue weighted by molar-refractivity contribution is 0.0951. The van der Waals surface area contributed by atoms with Crippen molar-refractivity contribution >= 4 is 17.5 Å². The Morgan fingerprint density at radius 2 is 1.86 bits per heavy atom. The number of nitrogens with zero attached hydrogens (tertiary/aromatic N) is 4. The number of anilines is 2. The molecule has 0 radical (unpaired) electrons. The van der Waals surface area contributed by atoms with E-state index < -0.39 is 0 Å². The molecule has 4 rings (SSSR count). The van der Waals surface area contributed by atoms with Crippen LogP contribution >= 0.6 is 0 Å². The number of rotatable bonds is 9. The minimum atomic E-state index is -0.294. The van der Waals surface area contributed by atoms with E-state index in [9.17, 15) is 14.4 Å². The highest BCUT2D eigenvalue weighted by Gasteiger charge is 2.16. The van der Waals surface area contributed by atoms with E-state index in [1.54, 1.807) is 36.5 Å². The third-order valence-electron chi connectivity index (χ3n) is 5.78. The zero-order valence-electron chi connectivity index (χ0n) is 20.7. The molecule has 2 N–H and O–H groups in total. The largest absolute Gasteiger partial charge is 0.369 e. The van der Waals surface area contributed by atoms with Crippen molar-refractivity contribution in [2.75, 3.05) is 30.9 Å². The van der Waals surface area contributed by atoms with Crippen molar-refractivity contribution in [3.8, 4) is 17.3 Å². The Morgan fingerprint density at radius 3 is 2.59 bits per heavy atom. The van der Waals surface area contributed by atoms with E-state index in [1.165, 1.54) is 12.1 Å². The Balaban J connectivity index is 1.55. The van der Waals surface area contributed by atoms with Crippen molar-refractivity contribution in [3.63, 3.8) is 0 Å². The van der Waals surface area contributed by atoms with Crippen LogP contribution in [0.5, 0.6) is 0 Å². The Morgan fingerprint density at radius 1 is 1.03 bits per heavy atom. The van der Waals surface area contributed by atoms with Crippen molar-refractivity contribution < 1.29 is 9.18 Å². The number of benzene rings is 2. The molecule has 0 aliphatic carbocycles. The van der Waals surface area contributed by atoms with Crippen molar-refractivity contribution in [1.29, 1.82) is 5.26 Å². The molecule has 8 heteroatoms. The maximum absolute atomic E-state index is 13.6. The van der Waals surface area contributed by atoms with E-state index in [-0.39, 0.29) is 11.7 Å². The summed E-state index contributed by atoms with van der Waals surface area (Å²) in [6, 6.07) is 23.0. The maximum atomic E-state index is 13.6. The second kappa shape index (κ2) is 11.8. The van der Waals surface area contributed by atoms with Gasteiger partial charge in [0.1, 0.15) is 17.5 Å². The Hall–Kier alpha value is -4.77. The van der Waals surface area contributed by atoms with E-state index in [0.717, 1.165) is 16.9 Å². The number of halogens is 1. The number of nitrogens with one attached hydrogen (secondary N) is 2. The molecule has 0 bridgehead atoms. The first-order valence-electron chi connectivity index (χ1n) is 11.8. The fourth-order valence-electron chi connectivity index (χ4n) is 3.81. The molecule has 2 heterocycles. The van der Waals surface area contributed by atoms with Crippen LogP contribution in [0.2, 0.25) is 0 Å². The summed E-state index contributed by atoms with van der Waals surface area (Å²) in [5.41, 5.74) is 3.81. The third kappa shape index (κ3) is 6.47. The summed E-state index contributed by atoms with van der Waals surface area (Å²) < 4.78 is 13.6. The van der Waals surface area contributed by atoms with Crippen LogP contribution in [0, 0.1) is 17.1 Å². The molecule has 0 fully saturated rings. The number of aromatic nitrogens is 2. The molecule has 0 spiro atoms. The minimum Gasteiger partial charge on any atom is -0.369 e. The zero-order chi connectivity index (χ0) is 26.2. The predicted molar refractivity (Wildman–Crippen MR) is 143 cm³/mol. The fourth-order valence-corrected chi connectivity index (χ4v) is 3.81. The number of carbonyl (C=O) groups is 1. The van der Waals surface area contributed by atoms with Gasteiger partial charge in [0.15, 0.2) is 0 Å². The second-order valence-corrected chi connectivity index (χ2v) is 8.66. The fraction of sp³-hybridized carbons (Fsp3) is 0.172. The summed E-state index contributed by atoms with van der Waals surface area (Å²) in [5, 5.41) is 15.7. The molecule has 0 unspecified atom stereocenters. The van der Waals surface area contributed by atoms with Gasteiger partial charge in [-0.3, -0.25) is 4.79 Å². The third-order valence-corrected chi connectivity index (χ3v) is 5.78. The average molecular weight is 495 g/mol. The van der Waals surface area contributed by atoms with Crippen molar-refractivity contribution in [3.05, 3.63) is 107 Å². The highest BCUT2D eigenvalue weighted by molar-refractivity contribution is 5.99. The Kier molecular flexibility index (Phi) is 8.06. The van der Waals surface area contributed by atoms with Crippen molar-refractivity contribution in [2.45, 2.75) is 13.0 Å². The van der Waals surface area contributed by atoms with E-state index in [1.807, 2.05) is 49.3 Å². The topological polar surface area (TPSA) is 93.9 Å². The molecule has 2 aromatic carbocycles. The predicted octanol–water partition coefficient (Wildman–Crippen LogP) is 4.80. The van der Waals surface area contributed by atoms with Gasteiger partial charge in [-0.1, -0.05) is 36.4 Å². The van der Waals surface area contributed by atoms with E-state index in [0.29, 0.717) is 47.7 Å². The first-order chi connectivity index (χ1) is 17.9. The molecular weight excluding hydrogens is 467 g/mol. The molecule has 4 aromatic rings. The van der Waals surface area contributed by atoms with Gasteiger partial charge in [-0.15, -0.1) is 0 Å². The van der Waals surface area contributed by atoms with Crippen LogP contribution in [0.25, 0.3) is 11.3 Å². The number of nitriles is 1. The summed E-state index contributed by atoms with van der Waals surface area (Å²) >= 11 is 0. The van der Waals surface area contributed by atoms with E-state index >= 15 is 0 Å². The lowest BCUT2D eigenvalue weighted by Gasteiger charge is -2.14. The summed E-state index contributed by atoms with van der Waals surface area (Å²) in [4.78, 5) is 24.1. The minimum absolute atomic E-state index is 0.293. The highest BCUT2D eigenvalue weighted by atomic mass is 19.1. The molecule has 2 aromatic heterocycles. The van der Waals surface area contributed by atoms with Gasteiger partial charge in [-0.05, 0) is 53.9 Å². The molecule has 37 heavy (non-hydrogen) atoms. The van der Waals surface area contributed by atoms with Gasteiger partial charge in [0, 0.05) is 38.9 Å². The van der Waals surface area contributed by atoms with Crippen LogP contribution in [0.3, 0.4) is 0 Å². The lowest BCUT2D eigenvalue weighted by Crippen LogP contribution is -2.25. The summed E-state index contributed by atoms with van der Waals surface area (Å²) in [6.07, 6.45) is 2.28. The highest BCUT2D eigenvalue weighted by Crippen LogP contribution is 2.25. The van der Waals surface area contributed by atoms with Gasteiger partial charge in [-0.2, -0.15) is 5.26 Å². The molecule has 7 nitrogen and oxygen atoms in total. The van der Waals surface area contributed by atoms with Crippen molar-refractivity contribution in [2.24, 2.45) is 0 Å². The van der Waals surface area contributed by atoms with Crippen LogP contribution in [0.15, 0.2) is 79.0 Å². The van der Waals surface area contributed by atoms with Gasteiger partial charge < -0.3 is 15.5 Å². The molecule has 0 atom stereocenters. The number of carbonyl (C=O) groups excluding carboxylic acids is 1. The number of hydrogen-bond donors (Lipinski definition) is 2. The van der Waals surface area contributed by atoms with Crippen molar-refractivity contribution in [1.82, 2.24) is 15.3 Å². The normalized spacial score (nSPS) is 10.4. The molecule has 186 valence electrons.